The lowest BCUT2D eigenvalue weighted by atomic mass is 10.1. The number of benzene rings is 1. The zero-order valence-corrected chi connectivity index (χ0v) is 15.2. The first-order chi connectivity index (χ1) is 12.3. The Morgan fingerprint density at radius 1 is 1.15 bits per heavy atom. The van der Waals surface area contributed by atoms with Crippen LogP contribution in [0.1, 0.15) is 13.3 Å². The summed E-state index contributed by atoms with van der Waals surface area (Å²) < 4.78 is 32.7. The molecule has 0 N–H and O–H groups in total. The van der Waals surface area contributed by atoms with Gasteiger partial charge in [-0.15, -0.1) is 0 Å². The van der Waals surface area contributed by atoms with E-state index in [1.807, 2.05) is 0 Å². The minimum Gasteiger partial charge on any atom is -0.465 e. The van der Waals surface area contributed by atoms with Crippen LogP contribution in [0.15, 0.2) is 30.3 Å². The lowest BCUT2D eigenvalue weighted by Gasteiger charge is -2.22. The first-order valence-corrected chi connectivity index (χ1v) is 10.0. The monoisotopic (exact) mass is 383 g/mol. The van der Waals surface area contributed by atoms with Crippen LogP contribution in [0.25, 0.3) is 0 Å². The molecule has 8 nitrogen and oxygen atoms in total. The Labute approximate surface area is 152 Å². The van der Waals surface area contributed by atoms with E-state index >= 15 is 0 Å². The molecule has 1 atom stereocenters. The maximum Gasteiger partial charge on any atom is 0.326 e. The van der Waals surface area contributed by atoms with Gasteiger partial charge in [0.1, 0.15) is 6.54 Å². The summed E-state index contributed by atoms with van der Waals surface area (Å²) in [7, 11) is -3.22. The van der Waals surface area contributed by atoms with Gasteiger partial charge < -0.3 is 9.47 Å². The quantitative estimate of drug-likeness (QED) is 0.633. The summed E-state index contributed by atoms with van der Waals surface area (Å²) in [6.07, 6.45) is 0.195. The van der Waals surface area contributed by atoms with E-state index in [1.165, 1.54) is 0 Å². The van der Waals surface area contributed by atoms with Crippen LogP contribution in [0.2, 0.25) is 0 Å². The van der Waals surface area contributed by atoms with Gasteiger partial charge >= 0.3 is 11.9 Å². The zero-order valence-electron chi connectivity index (χ0n) is 14.4. The molecule has 26 heavy (non-hydrogen) atoms. The molecule has 1 aromatic carbocycles. The molecule has 0 bridgehead atoms. The molecule has 1 amide bonds. The summed E-state index contributed by atoms with van der Waals surface area (Å²) in [5.41, 5.74) is 0.463. The molecule has 1 heterocycles. The lowest BCUT2D eigenvalue weighted by Crippen LogP contribution is -2.39. The molecule has 0 spiro atoms. The van der Waals surface area contributed by atoms with Gasteiger partial charge in [0, 0.05) is 5.69 Å². The average Bonchev–Trinajstić information content (AvgIpc) is 2.98. The molecule has 1 fully saturated rings. The first-order valence-electron chi connectivity index (χ1n) is 8.20. The number of rotatable bonds is 7. The number of sulfone groups is 1. The van der Waals surface area contributed by atoms with E-state index in [0.29, 0.717) is 5.69 Å². The maximum absolute atomic E-state index is 12.5. The van der Waals surface area contributed by atoms with Crippen molar-refractivity contribution in [2.45, 2.75) is 13.3 Å². The van der Waals surface area contributed by atoms with Gasteiger partial charge in [0.15, 0.2) is 16.4 Å². The van der Waals surface area contributed by atoms with Crippen molar-refractivity contribution in [1.29, 1.82) is 0 Å². The van der Waals surface area contributed by atoms with Gasteiger partial charge in [-0.1, -0.05) is 18.2 Å². The minimum absolute atomic E-state index is 0.0558. The van der Waals surface area contributed by atoms with Crippen molar-refractivity contribution in [3.05, 3.63) is 30.3 Å². The van der Waals surface area contributed by atoms with Crippen molar-refractivity contribution in [2.75, 3.05) is 36.2 Å². The highest BCUT2D eigenvalue weighted by Crippen LogP contribution is 2.20. The van der Waals surface area contributed by atoms with Crippen molar-refractivity contribution >= 4 is 33.4 Å². The van der Waals surface area contributed by atoms with E-state index in [-0.39, 0.29) is 31.1 Å². The molecule has 1 unspecified atom stereocenters. The summed E-state index contributed by atoms with van der Waals surface area (Å²) in [6.45, 7) is 0.945. The Kier molecular flexibility index (Phi) is 6.73. The highest BCUT2D eigenvalue weighted by atomic mass is 32.2. The zero-order chi connectivity index (χ0) is 19.2. The number of esters is 2. The minimum atomic E-state index is -3.22. The molecule has 0 radical (unpaired) electrons. The SMILES string of the molecule is CCOC(=O)CN(C(=O)COC(=O)C1CCS(=O)(=O)C1)c1ccccc1. The van der Waals surface area contributed by atoms with Gasteiger partial charge in [0.2, 0.25) is 0 Å². The Hall–Kier alpha value is -2.42. The van der Waals surface area contributed by atoms with Crippen LogP contribution in [0.4, 0.5) is 5.69 Å². The fraction of sp³-hybridized carbons (Fsp3) is 0.471. The van der Waals surface area contributed by atoms with Crippen LogP contribution in [0.3, 0.4) is 0 Å². The van der Waals surface area contributed by atoms with Crippen molar-refractivity contribution < 1.29 is 32.3 Å². The normalized spacial score (nSPS) is 18.1. The molecular weight excluding hydrogens is 362 g/mol. The number of carbonyl (C=O) groups excluding carboxylic acids is 3. The highest BCUT2D eigenvalue weighted by molar-refractivity contribution is 7.91. The summed E-state index contributed by atoms with van der Waals surface area (Å²) in [5.74, 6) is -2.96. The third-order valence-corrected chi connectivity index (χ3v) is 5.63. The Balaban J connectivity index is 2.00. The number of carbonyl (C=O) groups is 3. The number of hydrogen-bond donors (Lipinski definition) is 0. The smallest absolute Gasteiger partial charge is 0.326 e. The van der Waals surface area contributed by atoms with Gasteiger partial charge in [-0.25, -0.2) is 8.42 Å². The van der Waals surface area contributed by atoms with E-state index in [4.69, 9.17) is 9.47 Å². The largest absolute Gasteiger partial charge is 0.465 e. The Morgan fingerprint density at radius 2 is 1.85 bits per heavy atom. The van der Waals surface area contributed by atoms with Crippen molar-refractivity contribution in [1.82, 2.24) is 0 Å². The van der Waals surface area contributed by atoms with Crippen LogP contribution in [-0.2, 0) is 33.7 Å². The molecule has 1 saturated heterocycles. The molecule has 9 heteroatoms. The molecule has 0 saturated carbocycles. The number of hydrogen-bond acceptors (Lipinski definition) is 7. The second-order valence-electron chi connectivity index (χ2n) is 5.83. The molecule has 1 aromatic rings. The van der Waals surface area contributed by atoms with Crippen LogP contribution in [0, 0.1) is 5.92 Å². The molecule has 0 aromatic heterocycles. The van der Waals surface area contributed by atoms with Gasteiger partial charge in [0.25, 0.3) is 5.91 Å². The van der Waals surface area contributed by atoms with Gasteiger partial charge in [-0.2, -0.15) is 0 Å². The highest BCUT2D eigenvalue weighted by Gasteiger charge is 2.34. The molecule has 2 rings (SSSR count). The molecular formula is C17H21NO7S. The summed E-state index contributed by atoms with van der Waals surface area (Å²) in [4.78, 5) is 37.3. The number of ether oxygens (including phenoxy) is 2. The van der Waals surface area contributed by atoms with E-state index in [1.54, 1.807) is 37.3 Å². The molecule has 142 valence electrons. The second kappa shape index (κ2) is 8.79. The van der Waals surface area contributed by atoms with Gasteiger partial charge in [-0.3, -0.25) is 19.3 Å². The summed E-state index contributed by atoms with van der Waals surface area (Å²) >= 11 is 0. The second-order valence-corrected chi connectivity index (χ2v) is 8.06. The molecule has 0 aliphatic carbocycles. The number of para-hydroxylation sites is 1. The standard InChI is InChI=1S/C17H21NO7S/c1-2-24-16(20)10-18(14-6-4-3-5-7-14)15(19)11-25-17(21)13-8-9-26(22,23)12-13/h3-7,13H,2,8-12H2,1H3. The van der Waals surface area contributed by atoms with Crippen molar-refractivity contribution in [3.63, 3.8) is 0 Å². The number of anilines is 1. The predicted molar refractivity (Wildman–Crippen MR) is 93.1 cm³/mol. The van der Waals surface area contributed by atoms with E-state index in [2.05, 4.69) is 0 Å². The molecule has 1 aliphatic rings. The maximum atomic E-state index is 12.5. The number of amides is 1. The fourth-order valence-electron chi connectivity index (χ4n) is 2.58. The topological polar surface area (TPSA) is 107 Å². The number of nitrogens with zero attached hydrogens (tertiary/aromatic N) is 1. The summed E-state index contributed by atoms with van der Waals surface area (Å²) in [6, 6.07) is 8.45. The average molecular weight is 383 g/mol. The lowest BCUT2D eigenvalue weighted by molar-refractivity contribution is -0.151. The van der Waals surface area contributed by atoms with Crippen LogP contribution in [0.5, 0.6) is 0 Å². The first kappa shape index (κ1) is 19.9. The third kappa shape index (κ3) is 5.55. The van der Waals surface area contributed by atoms with E-state index in [9.17, 15) is 22.8 Å². The van der Waals surface area contributed by atoms with E-state index < -0.39 is 40.2 Å². The van der Waals surface area contributed by atoms with Crippen molar-refractivity contribution in [2.24, 2.45) is 5.92 Å². The predicted octanol–water partition coefficient (Wildman–Crippen LogP) is 0.561. The van der Waals surface area contributed by atoms with Crippen molar-refractivity contribution in [3.8, 4) is 0 Å². The van der Waals surface area contributed by atoms with Crippen LogP contribution in [-0.4, -0.2) is 57.5 Å². The molecule has 1 aliphatic heterocycles. The van der Waals surface area contributed by atoms with E-state index in [0.717, 1.165) is 4.90 Å². The Morgan fingerprint density at radius 3 is 2.42 bits per heavy atom. The summed E-state index contributed by atoms with van der Waals surface area (Å²) in [5, 5.41) is 0. The van der Waals surface area contributed by atoms with Crippen LogP contribution >= 0.6 is 0 Å². The van der Waals surface area contributed by atoms with Gasteiger partial charge in [-0.05, 0) is 25.5 Å². The van der Waals surface area contributed by atoms with Crippen LogP contribution < -0.4 is 4.90 Å². The Bertz CT molecular complexity index is 761. The van der Waals surface area contributed by atoms with Gasteiger partial charge in [0.05, 0.1) is 24.0 Å². The fourth-order valence-corrected chi connectivity index (χ4v) is 4.30. The third-order valence-electron chi connectivity index (χ3n) is 3.87.